The Hall–Kier alpha value is -1.35. The molecule has 3 nitrogen and oxygen atoms in total. The summed E-state index contributed by atoms with van der Waals surface area (Å²) in [5.74, 6) is 1.31. The molecule has 1 amide bonds. The molecule has 0 aromatic heterocycles. The van der Waals surface area contributed by atoms with Crippen LogP contribution in [0.2, 0.25) is 0 Å². The number of nitrogens with zero attached hydrogens (tertiary/aromatic N) is 2. The van der Waals surface area contributed by atoms with E-state index in [4.69, 9.17) is 0 Å². The lowest BCUT2D eigenvalue weighted by Gasteiger charge is -2.49. The van der Waals surface area contributed by atoms with Gasteiger partial charge in [0.2, 0.25) is 5.91 Å². The molecule has 4 rings (SSSR count). The standard InChI is InChI=1S/C23H34N2O/c1-24(2)23(20-9-4-3-5-10-20)14-12-22(13-15-23)17-21(26)25(18-22)16-11-19-7-6-8-19/h3-5,9-10,19H,6-8,11-18H2,1-2H3. The van der Waals surface area contributed by atoms with E-state index >= 15 is 0 Å². The number of hydrogen-bond donors (Lipinski definition) is 0. The quantitative estimate of drug-likeness (QED) is 0.781. The highest BCUT2D eigenvalue weighted by Gasteiger charge is 2.50. The fourth-order valence-corrected chi connectivity index (χ4v) is 5.58. The first-order valence-electron chi connectivity index (χ1n) is 10.5. The van der Waals surface area contributed by atoms with Crippen LogP contribution in [0.4, 0.5) is 0 Å². The van der Waals surface area contributed by atoms with E-state index in [-0.39, 0.29) is 11.0 Å². The number of benzene rings is 1. The number of likely N-dealkylation sites (tertiary alicyclic amines) is 1. The van der Waals surface area contributed by atoms with E-state index in [1.807, 2.05) is 0 Å². The van der Waals surface area contributed by atoms with Crippen LogP contribution in [-0.4, -0.2) is 42.9 Å². The van der Waals surface area contributed by atoms with Crippen molar-refractivity contribution in [3.63, 3.8) is 0 Å². The average molecular weight is 355 g/mol. The summed E-state index contributed by atoms with van der Waals surface area (Å²) in [6.45, 7) is 2.01. The summed E-state index contributed by atoms with van der Waals surface area (Å²) < 4.78 is 0. The van der Waals surface area contributed by atoms with Crippen molar-refractivity contribution in [1.29, 1.82) is 0 Å². The first kappa shape index (κ1) is 18.0. The molecule has 0 radical (unpaired) electrons. The van der Waals surface area contributed by atoms with E-state index in [2.05, 4.69) is 54.2 Å². The molecule has 1 spiro atoms. The maximum atomic E-state index is 12.6. The van der Waals surface area contributed by atoms with Gasteiger partial charge in [0.25, 0.3) is 0 Å². The number of amides is 1. The van der Waals surface area contributed by atoms with Gasteiger partial charge in [0.05, 0.1) is 0 Å². The second-order valence-corrected chi connectivity index (χ2v) is 9.37. The Kier molecular flexibility index (Phi) is 4.85. The number of rotatable bonds is 5. The van der Waals surface area contributed by atoms with Gasteiger partial charge in [-0.25, -0.2) is 0 Å². The third kappa shape index (κ3) is 3.19. The second-order valence-electron chi connectivity index (χ2n) is 9.37. The molecule has 142 valence electrons. The zero-order valence-corrected chi connectivity index (χ0v) is 16.5. The van der Waals surface area contributed by atoms with Crippen LogP contribution in [0.25, 0.3) is 0 Å². The molecule has 3 heteroatoms. The van der Waals surface area contributed by atoms with E-state index in [0.717, 1.165) is 38.3 Å². The van der Waals surface area contributed by atoms with Crippen LogP contribution in [0.15, 0.2) is 30.3 Å². The highest BCUT2D eigenvalue weighted by molar-refractivity contribution is 5.79. The maximum Gasteiger partial charge on any atom is 0.223 e. The minimum absolute atomic E-state index is 0.134. The lowest BCUT2D eigenvalue weighted by atomic mass is 9.64. The minimum atomic E-state index is 0.134. The highest BCUT2D eigenvalue weighted by atomic mass is 16.2. The Morgan fingerprint density at radius 1 is 1.08 bits per heavy atom. The monoisotopic (exact) mass is 354 g/mol. The largest absolute Gasteiger partial charge is 0.342 e. The van der Waals surface area contributed by atoms with Gasteiger partial charge in [0.1, 0.15) is 0 Å². The molecular weight excluding hydrogens is 320 g/mol. The van der Waals surface area contributed by atoms with E-state index in [9.17, 15) is 4.79 Å². The fourth-order valence-electron chi connectivity index (χ4n) is 5.58. The van der Waals surface area contributed by atoms with Gasteiger partial charge in [-0.05, 0) is 63.1 Å². The zero-order chi connectivity index (χ0) is 18.2. The number of carbonyl (C=O) groups is 1. The van der Waals surface area contributed by atoms with E-state index in [0.29, 0.717) is 5.91 Å². The first-order chi connectivity index (χ1) is 12.5. The second kappa shape index (κ2) is 6.99. The van der Waals surface area contributed by atoms with E-state index in [1.165, 1.54) is 44.1 Å². The van der Waals surface area contributed by atoms with Crippen molar-refractivity contribution in [3.05, 3.63) is 35.9 Å². The zero-order valence-electron chi connectivity index (χ0n) is 16.5. The molecule has 2 aliphatic carbocycles. The van der Waals surface area contributed by atoms with Crippen molar-refractivity contribution in [2.24, 2.45) is 11.3 Å². The SMILES string of the molecule is CN(C)C1(c2ccccc2)CCC2(CC1)CC(=O)N(CCC1CCC1)C2. The smallest absolute Gasteiger partial charge is 0.223 e. The van der Waals surface area contributed by atoms with Gasteiger partial charge in [0, 0.05) is 25.0 Å². The van der Waals surface area contributed by atoms with Gasteiger partial charge < -0.3 is 4.90 Å². The molecule has 3 fully saturated rings. The normalized spacial score (nSPS) is 32.4. The van der Waals surface area contributed by atoms with Crippen LogP contribution < -0.4 is 0 Å². The highest BCUT2D eigenvalue weighted by Crippen LogP contribution is 2.52. The molecule has 1 aliphatic heterocycles. The average Bonchev–Trinajstić information content (AvgIpc) is 2.90. The molecule has 3 aliphatic rings. The predicted molar refractivity (Wildman–Crippen MR) is 106 cm³/mol. The summed E-state index contributed by atoms with van der Waals surface area (Å²) in [6, 6.07) is 11.0. The Bertz CT molecular complexity index is 627. The molecule has 2 saturated carbocycles. The molecular formula is C23H34N2O. The van der Waals surface area contributed by atoms with Crippen LogP contribution in [0.3, 0.4) is 0 Å². The van der Waals surface area contributed by atoms with Crippen LogP contribution in [0, 0.1) is 11.3 Å². The number of carbonyl (C=O) groups excluding carboxylic acids is 1. The van der Waals surface area contributed by atoms with Crippen molar-refractivity contribution in [3.8, 4) is 0 Å². The van der Waals surface area contributed by atoms with Crippen molar-refractivity contribution in [1.82, 2.24) is 9.80 Å². The van der Waals surface area contributed by atoms with Gasteiger partial charge in [-0.1, -0.05) is 49.6 Å². The predicted octanol–water partition coefficient (Wildman–Crippen LogP) is 4.43. The summed E-state index contributed by atoms with van der Waals surface area (Å²) >= 11 is 0. The van der Waals surface area contributed by atoms with Crippen LogP contribution >= 0.6 is 0 Å². The molecule has 1 aromatic carbocycles. The lowest BCUT2D eigenvalue weighted by molar-refractivity contribution is -0.128. The van der Waals surface area contributed by atoms with Crippen molar-refractivity contribution < 1.29 is 4.79 Å². The van der Waals surface area contributed by atoms with E-state index in [1.54, 1.807) is 0 Å². The van der Waals surface area contributed by atoms with Gasteiger partial charge in [-0.3, -0.25) is 9.69 Å². The lowest BCUT2D eigenvalue weighted by Crippen LogP contribution is -2.47. The molecule has 1 heterocycles. The van der Waals surface area contributed by atoms with Crippen molar-refractivity contribution in [2.75, 3.05) is 27.2 Å². The van der Waals surface area contributed by atoms with Crippen LogP contribution in [-0.2, 0) is 10.3 Å². The summed E-state index contributed by atoms with van der Waals surface area (Å²) in [5, 5.41) is 0. The third-order valence-electron chi connectivity index (χ3n) is 7.74. The molecule has 1 saturated heterocycles. The molecule has 0 unspecified atom stereocenters. The topological polar surface area (TPSA) is 23.6 Å². The van der Waals surface area contributed by atoms with Crippen LogP contribution in [0.5, 0.6) is 0 Å². The van der Waals surface area contributed by atoms with Crippen molar-refractivity contribution >= 4 is 5.91 Å². The third-order valence-corrected chi connectivity index (χ3v) is 7.74. The minimum Gasteiger partial charge on any atom is -0.342 e. The Balaban J connectivity index is 1.42. The van der Waals surface area contributed by atoms with E-state index < -0.39 is 0 Å². The summed E-state index contributed by atoms with van der Waals surface area (Å²) in [6.07, 6.45) is 10.8. The Labute approximate surface area is 158 Å². The first-order valence-corrected chi connectivity index (χ1v) is 10.5. The van der Waals surface area contributed by atoms with Gasteiger partial charge >= 0.3 is 0 Å². The Morgan fingerprint density at radius 2 is 1.77 bits per heavy atom. The van der Waals surface area contributed by atoms with Gasteiger partial charge in [-0.15, -0.1) is 0 Å². The van der Waals surface area contributed by atoms with Gasteiger partial charge in [0.15, 0.2) is 0 Å². The van der Waals surface area contributed by atoms with Crippen LogP contribution in [0.1, 0.15) is 63.4 Å². The van der Waals surface area contributed by atoms with Crippen molar-refractivity contribution in [2.45, 2.75) is 63.3 Å². The molecule has 26 heavy (non-hydrogen) atoms. The maximum absolute atomic E-state index is 12.6. The Morgan fingerprint density at radius 3 is 2.35 bits per heavy atom. The molecule has 0 N–H and O–H groups in total. The summed E-state index contributed by atoms with van der Waals surface area (Å²) in [7, 11) is 4.44. The molecule has 0 atom stereocenters. The summed E-state index contributed by atoms with van der Waals surface area (Å²) in [5.41, 5.74) is 1.81. The molecule has 0 bridgehead atoms. The molecule has 1 aromatic rings. The summed E-state index contributed by atoms with van der Waals surface area (Å²) in [4.78, 5) is 17.3. The fraction of sp³-hybridized carbons (Fsp3) is 0.696. The van der Waals surface area contributed by atoms with Gasteiger partial charge in [-0.2, -0.15) is 0 Å². The number of hydrogen-bond acceptors (Lipinski definition) is 2.